The Morgan fingerprint density at radius 1 is 0.767 bits per heavy atom. The minimum Gasteiger partial charge on any atom is -0.459 e. The van der Waals surface area contributed by atoms with Gasteiger partial charge in [-0.1, -0.05) is 91.0 Å². The van der Waals surface area contributed by atoms with Crippen LogP contribution in [0.15, 0.2) is 91.0 Å². The normalized spacial score (nSPS) is 19.3. The van der Waals surface area contributed by atoms with E-state index in [1.807, 2.05) is 91.0 Å². The molecular formula is C34H40N3O5P. The fourth-order valence-corrected chi connectivity index (χ4v) is 8.85. The lowest BCUT2D eigenvalue weighted by Crippen LogP contribution is -2.54. The summed E-state index contributed by atoms with van der Waals surface area (Å²) in [6.07, 6.45) is 3.09. The molecule has 0 unspecified atom stereocenters. The molecule has 0 aromatic heterocycles. The van der Waals surface area contributed by atoms with E-state index in [-0.39, 0.29) is 18.4 Å². The number of carbonyl (C=O) groups excluding carboxylic acids is 3. The topological polar surface area (TPSA) is 96.0 Å². The van der Waals surface area contributed by atoms with Gasteiger partial charge in [0.1, 0.15) is 18.7 Å². The van der Waals surface area contributed by atoms with Crippen molar-refractivity contribution in [2.45, 2.75) is 69.7 Å². The van der Waals surface area contributed by atoms with Gasteiger partial charge in [0, 0.05) is 25.4 Å². The van der Waals surface area contributed by atoms with Crippen LogP contribution in [-0.2, 0) is 42.6 Å². The second-order valence-electron chi connectivity index (χ2n) is 11.5. The number of hydrogen-bond acceptors (Lipinski definition) is 5. The molecule has 0 bridgehead atoms. The lowest BCUT2D eigenvalue weighted by atomic mass is 10.1. The molecule has 2 aliphatic rings. The smallest absolute Gasteiger partial charge is 0.329 e. The third-order valence-corrected chi connectivity index (χ3v) is 10.8. The summed E-state index contributed by atoms with van der Waals surface area (Å²) in [6, 6.07) is 26.7. The zero-order valence-corrected chi connectivity index (χ0v) is 25.5. The molecule has 2 heterocycles. The molecular weight excluding hydrogens is 561 g/mol. The van der Waals surface area contributed by atoms with Gasteiger partial charge in [0.25, 0.3) is 0 Å². The molecule has 0 radical (unpaired) electrons. The fraction of sp³-hybridized carbons (Fsp3) is 0.382. The van der Waals surface area contributed by atoms with Gasteiger partial charge in [-0.3, -0.25) is 14.7 Å². The van der Waals surface area contributed by atoms with Crippen molar-refractivity contribution < 1.29 is 23.7 Å². The number of hydrogen-bond donors (Lipinski definition) is 1. The number of rotatable bonds is 11. The van der Waals surface area contributed by atoms with Gasteiger partial charge in [-0.25, -0.2) is 4.79 Å². The molecule has 9 heteroatoms. The van der Waals surface area contributed by atoms with Gasteiger partial charge in [0.2, 0.25) is 11.8 Å². The Morgan fingerprint density at radius 2 is 1.26 bits per heavy atom. The lowest BCUT2D eigenvalue weighted by molar-refractivity contribution is -0.156. The van der Waals surface area contributed by atoms with Crippen molar-refractivity contribution in [1.29, 1.82) is 0 Å². The Morgan fingerprint density at radius 3 is 1.81 bits per heavy atom. The van der Waals surface area contributed by atoms with Crippen LogP contribution in [0.5, 0.6) is 0 Å². The fourth-order valence-electron chi connectivity index (χ4n) is 6.14. The van der Waals surface area contributed by atoms with Crippen molar-refractivity contribution in [3.05, 3.63) is 108 Å². The zero-order valence-electron chi connectivity index (χ0n) is 24.6. The number of likely N-dealkylation sites (tertiary alicyclic amines) is 2. The molecule has 2 saturated heterocycles. The number of nitrogens with one attached hydrogen (secondary N) is 1. The predicted octanol–water partition coefficient (Wildman–Crippen LogP) is 5.37. The van der Waals surface area contributed by atoms with E-state index < -0.39 is 31.4 Å². The zero-order chi connectivity index (χ0) is 30.2. The maximum Gasteiger partial charge on any atom is 0.329 e. The molecule has 2 fully saturated rings. The molecule has 8 nitrogen and oxygen atoms in total. The second kappa shape index (κ2) is 14.2. The molecule has 0 aliphatic carbocycles. The number of benzene rings is 3. The lowest BCUT2D eigenvalue weighted by Gasteiger charge is -2.33. The molecule has 1 N–H and O–H groups in total. The first-order valence-electron chi connectivity index (χ1n) is 15.1. The van der Waals surface area contributed by atoms with Crippen LogP contribution in [0.25, 0.3) is 0 Å². The Bertz CT molecular complexity index is 1390. The summed E-state index contributed by atoms with van der Waals surface area (Å²) < 4.78 is 19.9. The summed E-state index contributed by atoms with van der Waals surface area (Å²) in [5.74, 6) is -0.878. The average Bonchev–Trinajstić information content (AvgIpc) is 3.71. The summed E-state index contributed by atoms with van der Waals surface area (Å²) >= 11 is 0. The van der Waals surface area contributed by atoms with Crippen molar-refractivity contribution in [1.82, 2.24) is 14.9 Å². The molecule has 3 atom stereocenters. The quantitative estimate of drug-likeness (QED) is 0.235. The van der Waals surface area contributed by atoms with Gasteiger partial charge >= 0.3 is 5.97 Å². The summed E-state index contributed by atoms with van der Waals surface area (Å²) in [4.78, 5) is 43.8. The Balaban J connectivity index is 1.25. The molecule has 2 aliphatic heterocycles. The maximum atomic E-state index is 14.4. The molecule has 3 aromatic rings. The summed E-state index contributed by atoms with van der Waals surface area (Å²) in [5.41, 5.74) is 2.75. The first-order valence-corrected chi connectivity index (χ1v) is 17.2. The Hall–Kier alpha value is -3.74. The van der Waals surface area contributed by atoms with Gasteiger partial charge in [-0.15, -0.1) is 0 Å². The van der Waals surface area contributed by atoms with E-state index in [1.165, 1.54) is 0 Å². The van der Waals surface area contributed by atoms with E-state index >= 15 is 0 Å². The van der Waals surface area contributed by atoms with Crippen molar-refractivity contribution in [3.63, 3.8) is 0 Å². The highest BCUT2D eigenvalue weighted by atomic mass is 31.2. The first kappa shape index (κ1) is 30.7. The third kappa shape index (κ3) is 7.81. The number of ether oxygens (including phenoxy) is 1. The van der Waals surface area contributed by atoms with Crippen LogP contribution in [-0.4, -0.2) is 58.8 Å². The molecule has 226 valence electrons. The number of carbonyl (C=O) groups is 3. The molecule has 0 spiro atoms. The highest BCUT2D eigenvalue weighted by Gasteiger charge is 2.44. The van der Waals surface area contributed by atoms with Gasteiger partial charge in [-0.05, 0) is 49.3 Å². The van der Waals surface area contributed by atoms with Crippen molar-refractivity contribution in [2.75, 3.05) is 13.1 Å². The Labute approximate surface area is 253 Å². The summed E-state index contributed by atoms with van der Waals surface area (Å²) in [7, 11) is -3.09. The van der Waals surface area contributed by atoms with Crippen molar-refractivity contribution in [2.24, 2.45) is 0 Å². The first-order chi connectivity index (χ1) is 20.8. The minimum absolute atomic E-state index is 0.154. The van der Waals surface area contributed by atoms with E-state index in [0.717, 1.165) is 16.7 Å². The maximum absolute atomic E-state index is 14.4. The van der Waals surface area contributed by atoms with Crippen LogP contribution in [0.2, 0.25) is 0 Å². The van der Waals surface area contributed by atoms with Crippen LogP contribution in [0.1, 0.15) is 49.3 Å². The number of esters is 1. The van der Waals surface area contributed by atoms with E-state index in [2.05, 4.69) is 5.09 Å². The minimum atomic E-state index is -3.09. The van der Waals surface area contributed by atoms with Crippen LogP contribution >= 0.6 is 7.29 Å². The van der Waals surface area contributed by atoms with E-state index in [0.29, 0.717) is 51.1 Å². The Kier molecular flexibility index (Phi) is 10.1. The second-order valence-corrected chi connectivity index (χ2v) is 14.2. The standard InChI is InChI=1S/C34H40N3O5P/c1-26(35-43(41,24-28-15-7-3-8-16-28)25-29-17-9-4-10-18-29)32(38)36-21-11-19-30(36)33(39)37-22-12-20-31(37)34(40)42-23-27-13-5-2-6-14-27/h2-10,13-18,26,30-31H,11-12,19-25H2,1H3,(H,35,41)/t26-,30-,31-/m0/s1. The van der Waals surface area contributed by atoms with Crippen LogP contribution in [0.3, 0.4) is 0 Å². The van der Waals surface area contributed by atoms with Crippen molar-refractivity contribution in [3.8, 4) is 0 Å². The van der Waals surface area contributed by atoms with Crippen LogP contribution in [0.4, 0.5) is 0 Å². The average molecular weight is 602 g/mol. The number of amides is 2. The van der Waals surface area contributed by atoms with E-state index in [4.69, 9.17) is 4.74 Å². The molecule has 5 rings (SSSR count). The van der Waals surface area contributed by atoms with Gasteiger partial charge in [-0.2, -0.15) is 0 Å². The molecule has 3 aromatic carbocycles. The molecule has 2 amide bonds. The summed E-state index contributed by atoms with van der Waals surface area (Å²) in [6.45, 7) is 2.78. The SMILES string of the molecule is C[C@H](NP(=O)(Cc1ccccc1)Cc1ccccc1)C(=O)N1CCC[C@H]1C(=O)N1CCC[C@H]1C(=O)OCc1ccccc1. The van der Waals surface area contributed by atoms with E-state index in [9.17, 15) is 18.9 Å². The highest BCUT2D eigenvalue weighted by Crippen LogP contribution is 2.49. The predicted molar refractivity (Wildman–Crippen MR) is 166 cm³/mol. The van der Waals surface area contributed by atoms with Gasteiger partial charge in [0.15, 0.2) is 7.29 Å². The monoisotopic (exact) mass is 601 g/mol. The van der Waals surface area contributed by atoms with Crippen molar-refractivity contribution >= 4 is 25.1 Å². The molecule has 0 saturated carbocycles. The summed E-state index contributed by atoms with van der Waals surface area (Å²) in [5, 5.41) is 3.22. The van der Waals surface area contributed by atoms with Crippen LogP contribution in [0, 0.1) is 0 Å². The highest BCUT2D eigenvalue weighted by molar-refractivity contribution is 7.60. The van der Waals surface area contributed by atoms with Gasteiger partial charge < -0.3 is 19.1 Å². The largest absolute Gasteiger partial charge is 0.459 e. The van der Waals surface area contributed by atoms with Crippen LogP contribution < -0.4 is 5.09 Å². The number of nitrogens with zero attached hydrogens (tertiary/aromatic N) is 2. The molecule has 43 heavy (non-hydrogen) atoms. The van der Waals surface area contributed by atoms with Gasteiger partial charge in [0.05, 0.1) is 6.04 Å². The van der Waals surface area contributed by atoms with E-state index in [1.54, 1.807) is 16.7 Å². The third-order valence-electron chi connectivity index (χ3n) is 8.21.